The van der Waals surface area contributed by atoms with Gasteiger partial charge in [0.25, 0.3) is 0 Å². The Hall–Kier alpha value is -1.97. The lowest BCUT2D eigenvalue weighted by Gasteiger charge is -2.06. The van der Waals surface area contributed by atoms with Crippen LogP contribution in [0, 0.1) is 12.7 Å². The lowest BCUT2D eigenvalue weighted by Crippen LogP contribution is -2.00. The van der Waals surface area contributed by atoms with Gasteiger partial charge in [0.15, 0.2) is 5.82 Å². The van der Waals surface area contributed by atoms with Crippen LogP contribution in [0.1, 0.15) is 30.0 Å². The van der Waals surface area contributed by atoms with E-state index in [-0.39, 0.29) is 5.82 Å². The van der Waals surface area contributed by atoms with Gasteiger partial charge in [-0.3, -0.25) is 0 Å². The molecular weight excluding hydrogens is 229 g/mol. The molecule has 2 N–H and O–H groups in total. The summed E-state index contributed by atoms with van der Waals surface area (Å²) in [6, 6.07) is 6.61. The highest BCUT2D eigenvalue weighted by molar-refractivity contribution is 5.58. The molecule has 0 bridgehead atoms. The Labute approximate surface area is 105 Å². The molecule has 1 aliphatic carbocycles. The molecule has 3 nitrogen and oxygen atoms in total. The molecule has 0 spiro atoms. The van der Waals surface area contributed by atoms with Crippen LogP contribution < -0.4 is 5.73 Å². The van der Waals surface area contributed by atoms with E-state index in [1.165, 1.54) is 12.1 Å². The topological polar surface area (TPSA) is 51.8 Å². The number of halogens is 1. The maximum atomic E-state index is 13.4. The molecule has 1 fully saturated rings. The van der Waals surface area contributed by atoms with Crippen molar-refractivity contribution < 1.29 is 4.39 Å². The lowest BCUT2D eigenvalue weighted by atomic mass is 10.1. The van der Waals surface area contributed by atoms with E-state index in [9.17, 15) is 4.39 Å². The summed E-state index contributed by atoms with van der Waals surface area (Å²) < 4.78 is 13.4. The molecule has 3 rings (SSSR count). The van der Waals surface area contributed by atoms with Gasteiger partial charge in [-0.2, -0.15) is 0 Å². The summed E-state index contributed by atoms with van der Waals surface area (Å²) in [5, 5.41) is 0. The zero-order valence-electron chi connectivity index (χ0n) is 10.2. The highest BCUT2D eigenvalue weighted by Crippen LogP contribution is 2.39. The molecule has 1 saturated carbocycles. The summed E-state index contributed by atoms with van der Waals surface area (Å²) in [4.78, 5) is 8.69. The van der Waals surface area contributed by atoms with Crippen LogP contribution in [-0.2, 0) is 0 Å². The molecule has 0 saturated heterocycles. The molecule has 92 valence electrons. The minimum Gasteiger partial charge on any atom is -0.384 e. The van der Waals surface area contributed by atoms with E-state index in [1.54, 1.807) is 0 Å². The number of hydrogen-bond donors (Lipinski definition) is 1. The second-order valence-electron chi connectivity index (χ2n) is 4.83. The van der Waals surface area contributed by atoms with E-state index in [2.05, 4.69) is 9.97 Å². The minimum atomic E-state index is -0.274. The smallest absolute Gasteiger partial charge is 0.161 e. The molecule has 1 aromatic carbocycles. The third-order valence-electron chi connectivity index (χ3n) is 3.06. The molecule has 1 aromatic heterocycles. The molecule has 0 aliphatic heterocycles. The van der Waals surface area contributed by atoms with Crippen molar-refractivity contribution in [2.75, 3.05) is 5.73 Å². The molecule has 4 heteroatoms. The van der Waals surface area contributed by atoms with Gasteiger partial charge in [-0.05, 0) is 43.5 Å². The van der Waals surface area contributed by atoms with E-state index >= 15 is 0 Å². The number of anilines is 1. The molecule has 1 aliphatic rings. The predicted molar refractivity (Wildman–Crippen MR) is 68.6 cm³/mol. The van der Waals surface area contributed by atoms with Crippen LogP contribution in [0.15, 0.2) is 24.3 Å². The Kier molecular flexibility index (Phi) is 2.51. The summed E-state index contributed by atoms with van der Waals surface area (Å²) in [6.07, 6.45) is 2.30. The zero-order chi connectivity index (χ0) is 12.7. The average Bonchev–Trinajstić information content (AvgIpc) is 3.10. The summed E-state index contributed by atoms with van der Waals surface area (Å²) in [7, 11) is 0. The van der Waals surface area contributed by atoms with Crippen molar-refractivity contribution in [3.05, 3.63) is 41.3 Å². The average molecular weight is 243 g/mol. The quantitative estimate of drug-likeness (QED) is 0.882. The second-order valence-corrected chi connectivity index (χ2v) is 4.83. The zero-order valence-corrected chi connectivity index (χ0v) is 10.2. The van der Waals surface area contributed by atoms with Crippen LogP contribution in [-0.4, -0.2) is 9.97 Å². The van der Waals surface area contributed by atoms with Gasteiger partial charge in [0.05, 0.1) is 0 Å². The number of rotatable bonds is 2. The Bertz CT molecular complexity index is 586. The third kappa shape index (κ3) is 2.18. The van der Waals surface area contributed by atoms with E-state index in [0.717, 1.165) is 24.1 Å². The fourth-order valence-electron chi connectivity index (χ4n) is 2.07. The van der Waals surface area contributed by atoms with Crippen molar-refractivity contribution in [1.29, 1.82) is 0 Å². The van der Waals surface area contributed by atoms with Gasteiger partial charge in [0.2, 0.25) is 0 Å². The summed E-state index contributed by atoms with van der Waals surface area (Å²) >= 11 is 0. The van der Waals surface area contributed by atoms with E-state index < -0.39 is 0 Å². The van der Waals surface area contributed by atoms with Gasteiger partial charge in [-0.1, -0.05) is 0 Å². The van der Waals surface area contributed by atoms with Gasteiger partial charge in [-0.25, -0.2) is 14.4 Å². The molecule has 2 aromatic rings. The highest BCUT2D eigenvalue weighted by Gasteiger charge is 2.26. The standard InChI is InChI=1S/C14H14FN3/c1-8-4-10(6-11(15)5-8)14-17-12(9-2-3-9)7-13(16)18-14/h4-7,9H,2-3H2,1H3,(H2,16,17,18). The van der Waals surface area contributed by atoms with Crippen molar-refractivity contribution in [1.82, 2.24) is 9.97 Å². The molecular formula is C14H14FN3. The fraction of sp³-hybridized carbons (Fsp3) is 0.286. The maximum absolute atomic E-state index is 13.4. The molecule has 18 heavy (non-hydrogen) atoms. The number of aryl methyl sites for hydroxylation is 1. The number of nitrogens with zero attached hydrogens (tertiary/aromatic N) is 2. The molecule has 0 amide bonds. The first-order valence-corrected chi connectivity index (χ1v) is 6.04. The normalized spacial score (nSPS) is 14.8. The summed E-state index contributed by atoms with van der Waals surface area (Å²) in [6.45, 7) is 1.85. The van der Waals surface area contributed by atoms with Crippen LogP contribution in [0.2, 0.25) is 0 Å². The van der Waals surface area contributed by atoms with Crippen LogP contribution in [0.25, 0.3) is 11.4 Å². The van der Waals surface area contributed by atoms with E-state index in [1.807, 2.05) is 19.1 Å². The third-order valence-corrected chi connectivity index (χ3v) is 3.06. The summed E-state index contributed by atoms with van der Waals surface area (Å²) in [5.74, 6) is 1.19. The maximum Gasteiger partial charge on any atom is 0.161 e. The first kappa shape index (κ1) is 11.1. The number of benzene rings is 1. The van der Waals surface area contributed by atoms with Gasteiger partial charge >= 0.3 is 0 Å². The van der Waals surface area contributed by atoms with Gasteiger partial charge in [0.1, 0.15) is 11.6 Å². The van der Waals surface area contributed by atoms with Crippen molar-refractivity contribution in [3.8, 4) is 11.4 Å². The second kappa shape index (κ2) is 4.05. The first-order valence-electron chi connectivity index (χ1n) is 6.04. The molecule has 0 radical (unpaired) electrons. The number of aromatic nitrogens is 2. The van der Waals surface area contributed by atoms with Crippen LogP contribution in [0.4, 0.5) is 10.2 Å². The van der Waals surface area contributed by atoms with Crippen molar-refractivity contribution >= 4 is 5.82 Å². The van der Waals surface area contributed by atoms with E-state index in [4.69, 9.17) is 5.73 Å². The van der Waals surface area contributed by atoms with Crippen LogP contribution in [0.3, 0.4) is 0 Å². The van der Waals surface area contributed by atoms with Crippen LogP contribution in [0.5, 0.6) is 0 Å². The molecule has 1 heterocycles. The van der Waals surface area contributed by atoms with Gasteiger partial charge in [0, 0.05) is 23.2 Å². The molecule has 0 unspecified atom stereocenters. The predicted octanol–water partition coefficient (Wildman–Crippen LogP) is 3.05. The Balaban J connectivity index is 2.09. The van der Waals surface area contributed by atoms with Gasteiger partial charge in [-0.15, -0.1) is 0 Å². The highest BCUT2D eigenvalue weighted by atomic mass is 19.1. The first-order chi connectivity index (χ1) is 8.61. The van der Waals surface area contributed by atoms with Crippen molar-refractivity contribution in [2.24, 2.45) is 0 Å². The number of nitrogen functional groups attached to an aromatic ring is 1. The van der Waals surface area contributed by atoms with E-state index in [0.29, 0.717) is 23.1 Å². The summed E-state index contributed by atoms with van der Waals surface area (Å²) in [5.41, 5.74) is 8.30. The monoisotopic (exact) mass is 243 g/mol. The lowest BCUT2D eigenvalue weighted by molar-refractivity contribution is 0.627. The Morgan fingerprint density at radius 2 is 1.94 bits per heavy atom. The van der Waals surface area contributed by atoms with Crippen LogP contribution >= 0.6 is 0 Å². The SMILES string of the molecule is Cc1cc(F)cc(-c2nc(N)cc(C3CC3)n2)c1. The van der Waals surface area contributed by atoms with Gasteiger partial charge < -0.3 is 5.73 Å². The number of nitrogens with two attached hydrogens (primary N) is 1. The largest absolute Gasteiger partial charge is 0.384 e. The number of hydrogen-bond acceptors (Lipinski definition) is 3. The Morgan fingerprint density at radius 3 is 2.61 bits per heavy atom. The van der Waals surface area contributed by atoms with Crippen molar-refractivity contribution in [2.45, 2.75) is 25.7 Å². The Morgan fingerprint density at radius 1 is 1.17 bits per heavy atom. The fourth-order valence-corrected chi connectivity index (χ4v) is 2.07. The molecule has 0 atom stereocenters. The minimum absolute atomic E-state index is 0.274. The van der Waals surface area contributed by atoms with Crippen molar-refractivity contribution in [3.63, 3.8) is 0 Å².